The van der Waals surface area contributed by atoms with Crippen LogP contribution in [0.4, 0.5) is 0 Å². The molecule has 3 rings (SSSR count). The Bertz CT molecular complexity index is 737. The van der Waals surface area contributed by atoms with Crippen molar-refractivity contribution in [3.8, 4) is 0 Å². The number of aliphatic imine (C=N–C) groups is 1. The van der Waals surface area contributed by atoms with Gasteiger partial charge in [0.15, 0.2) is 5.96 Å². The second kappa shape index (κ2) is 9.08. The largest absolute Gasteiger partial charge is 0.384 e. The van der Waals surface area contributed by atoms with Crippen molar-refractivity contribution in [2.45, 2.75) is 33.1 Å². The van der Waals surface area contributed by atoms with Gasteiger partial charge in [-0.05, 0) is 37.3 Å². The van der Waals surface area contributed by atoms with E-state index in [1.807, 2.05) is 0 Å². The summed E-state index contributed by atoms with van der Waals surface area (Å²) < 4.78 is 5.31. The Morgan fingerprint density at radius 2 is 2.23 bits per heavy atom. The molecule has 1 saturated heterocycles. The van der Waals surface area contributed by atoms with Gasteiger partial charge in [0, 0.05) is 56.3 Å². The molecule has 2 heterocycles. The highest BCUT2D eigenvalue weighted by atomic mass is 16.5. The van der Waals surface area contributed by atoms with Crippen molar-refractivity contribution < 1.29 is 4.74 Å². The van der Waals surface area contributed by atoms with Crippen molar-refractivity contribution in [1.29, 1.82) is 0 Å². The van der Waals surface area contributed by atoms with Crippen molar-refractivity contribution in [2.75, 3.05) is 39.9 Å². The number of H-pyrrole nitrogens is 1. The quantitative estimate of drug-likeness (QED) is 0.592. The molecule has 0 bridgehead atoms. The number of rotatable bonds is 7. The Kier molecular flexibility index (Phi) is 6.56. The average molecular weight is 357 g/mol. The Labute approximate surface area is 156 Å². The lowest BCUT2D eigenvalue weighted by atomic mass is 10.1. The molecule has 1 aromatic heterocycles. The number of methoxy groups -OCH3 is 1. The van der Waals surface area contributed by atoms with Crippen LogP contribution in [-0.4, -0.2) is 55.7 Å². The van der Waals surface area contributed by atoms with Gasteiger partial charge in [0.2, 0.25) is 0 Å². The Morgan fingerprint density at radius 3 is 3.00 bits per heavy atom. The Hall–Kier alpha value is -2.01. The number of ether oxygens (including phenoxy) is 1. The van der Waals surface area contributed by atoms with Crippen LogP contribution < -0.4 is 5.32 Å². The first-order valence-corrected chi connectivity index (χ1v) is 9.86. The second-order valence-electron chi connectivity index (χ2n) is 7.05. The van der Waals surface area contributed by atoms with Crippen LogP contribution in [0.3, 0.4) is 0 Å². The number of guanidine groups is 1. The molecule has 5 heteroatoms. The fraction of sp³-hybridized carbons (Fsp3) is 0.571. The van der Waals surface area contributed by atoms with E-state index in [0.29, 0.717) is 5.92 Å². The van der Waals surface area contributed by atoms with E-state index in [2.05, 4.69) is 53.4 Å². The molecule has 0 amide bonds. The zero-order valence-electron chi connectivity index (χ0n) is 16.3. The maximum atomic E-state index is 5.31. The highest BCUT2D eigenvalue weighted by molar-refractivity contribution is 5.86. The van der Waals surface area contributed by atoms with Crippen molar-refractivity contribution in [1.82, 2.24) is 15.2 Å². The molecule has 0 aliphatic carbocycles. The molecule has 5 nitrogen and oxygen atoms in total. The first-order chi connectivity index (χ1) is 12.8. The minimum atomic E-state index is 0.616. The maximum absolute atomic E-state index is 5.31. The predicted molar refractivity (Wildman–Crippen MR) is 109 cm³/mol. The number of para-hydroxylation sites is 1. The van der Waals surface area contributed by atoms with E-state index in [1.165, 1.54) is 28.5 Å². The molecule has 1 atom stereocenters. The van der Waals surface area contributed by atoms with Gasteiger partial charge in [-0.1, -0.05) is 25.1 Å². The van der Waals surface area contributed by atoms with Crippen molar-refractivity contribution in [3.05, 3.63) is 35.5 Å². The minimum absolute atomic E-state index is 0.616. The van der Waals surface area contributed by atoms with E-state index >= 15 is 0 Å². The van der Waals surface area contributed by atoms with Crippen molar-refractivity contribution in [3.63, 3.8) is 0 Å². The molecular weight excluding hydrogens is 324 g/mol. The summed E-state index contributed by atoms with van der Waals surface area (Å²) in [5.74, 6) is 1.66. The van der Waals surface area contributed by atoms with Crippen molar-refractivity contribution in [2.24, 2.45) is 10.9 Å². The summed E-state index contributed by atoms with van der Waals surface area (Å²) in [6.07, 6.45) is 5.34. The number of benzene rings is 1. The number of hydrogen-bond acceptors (Lipinski definition) is 2. The van der Waals surface area contributed by atoms with Gasteiger partial charge in [-0.3, -0.25) is 4.99 Å². The van der Waals surface area contributed by atoms with E-state index in [4.69, 9.17) is 9.73 Å². The molecule has 142 valence electrons. The first kappa shape index (κ1) is 18.8. The van der Waals surface area contributed by atoms with E-state index < -0.39 is 0 Å². The average Bonchev–Trinajstić information content (AvgIpc) is 3.28. The highest BCUT2D eigenvalue weighted by Crippen LogP contribution is 2.22. The number of nitrogens with zero attached hydrogens (tertiary/aromatic N) is 2. The van der Waals surface area contributed by atoms with Crippen LogP contribution in [0.5, 0.6) is 0 Å². The summed E-state index contributed by atoms with van der Waals surface area (Å²) in [5.41, 5.74) is 4.02. The van der Waals surface area contributed by atoms with Crippen LogP contribution >= 0.6 is 0 Å². The van der Waals surface area contributed by atoms with Crippen LogP contribution in [0, 0.1) is 5.92 Å². The van der Waals surface area contributed by atoms with Crippen LogP contribution in [0.25, 0.3) is 10.9 Å². The first-order valence-electron chi connectivity index (χ1n) is 9.86. The fourth-order valence-electron chi connectivity index (χ4n) is 3.88. The summed E-state index contributed by atoms with van der Waals surface area (Å²) in [7, 11) is 1.78. The van der Waals surface area contributed by atoms with E-state index in [-0.39, 0.29) is 0 Å². The summed E-state index contributed by atoms with van der Waals surface area (Å²) in [4.78, 5) is 10.7. The summed E-state index contributed by atoms with van der Waals surface area (Å²) in [6.45, 7) is 8.97. The lowest BCUT2D eigenvalue weighted by molar-refractivity contribution is 0.157. The molecular formula is C21H32N4O. The normalized spacial score (nSPS) is 18.0. The minimum Gasteiger partial charge on any atom is -0.384 e. The molecule has 0 radical (unpaired) electrons. The summed E-state index contributed by atoms with van der Waals surface area (Å²) in [6, 6.07) is 6.57. The standard InChI is InChI=1S/C21H32N4O/c1-4-17-7-6-8-19-18(13-24-20(17)19)9-11-23-21(22-5-2)25-12-10-16(14-25)15-26-3/h6-8,13,16,24H,4-5,9-12,14-15H2,1-3H3,(H,22,23). The van der Waals surface area contributed by atoms with Gasteiger partial charge < -0.3 is 19.9 Å². The fourth-order valence-corrected chi connectivity index (χ4v) is 3.88. The van der Waals surface area contributed by atoms with E-state index in [0.717, 1.165) is 51.6 Å². The molecule has 2 aromatic rings. The zero-order chi connectivity index (χ0) is 18.4. The summed E-state index contributed by atoms with van der Waals surface area (Å²) in [5, 5.41) is 4.79. The maximum Gasteiger partial charge on any atom is 0.193 e. The van der Waals surface area contributed by atoms with Crippen LogP contribution in [0.15, 0.2) is 29.4 Å². The molecule has 1 aliphatic heterocycles. The molecule has 2 N–H and O–H groups in total. The second-order valence-corrected chi connectivity index (χ2v) is 7.05. The number of hydrogen-bond donors (Lipinski definition) is 2. The third-order valence-corrected chi connectivity index (χ3v) is 5.23. The number of aromatic nitrogens is 1. The number of fused-ring (bicyclic) bond motifs is 1. The molecule has 1 aromatic carbocycles. The lowest BCUT2D eigenvalue weighted by Crippen LogP contribution is -2.40. The molecule has 1 fully saturated rings. The van der Waals surface area contributed by atoms with E-state index in [1.54, 1.807) is 7.11 Å². The topological polar surface area (TPSA) is 52.7 Å². The number of likely N-dealkylation sites (tertiary alicyclic amines) is 1. The van der Waals surface area contributed by atoms with Gasteiger partial charge in [0.1, 0.15) is 0 Å². The van der Waals surface area contributed by atoms with Crippen molar-refractivity contribution >= 4 is 16.9 Å². The van der Waals surface area contributed by atoms with Gasteiger partial charge in [-0.15, -0.1) is 0 Å². The third kappa shape index (κ3) is 4.21. The number of nitrogens with one attached hydrogen (secondary N) is 2. The smallest absolute Gasteiger partial charge is 0.193 e. The number of aromatic amines is 1. The molecule has 1 unspecified atom stereocenters. The Morgan fingerprint density at radius 1 is 1.35 bits per heavy atom. The van der Waals surface area contributed by atoms with Gasteiger partial charge >= 0.3 is 0 Å². The summed E-state index contributed by atoms with van der Waals surface area (Å²) >= 11 is 0. The molecule has 1 aliphatic rings. The Balaban J connectivity index is 1.66. The van der Waals surface area contributed by atoms with Crippen LogP contribution in [0.1, 0.15) is 31.4 Å². The molecule has 0 spiro atoms. The predicted octanol–water partition coefficient (Wildman–Crippen LogP) is 3.21. The molecule has 0 saturated carbocycles. The lowest BCUT2D eigenvalue weighted by Gasteiger charge is -2.21. The molecule has 26 heavy (non-hydrogen) atoms. The van der Waals surface area contributed by atoms with E-state index in [9.17, 15) is 0 Å². The zero-order valence-corrected chi connectivity index (χ0v) is 16.3. The van der Waals surface area contributed by atoms with Gasteiger partial charge in [-0.2, -0.15) is 0 Å². The monoisotopic (exact) mass is 356 g/mol. The highest BCUT2D eigenvalue weighted by Gasteiger charge is 2.24. The van der Waals surface area contributed by atoms with Crippen LogP contribution in [-0.2, 0) is 17.6 Å². The van der Waals surface area contributed by atoms with Gasteiger partial charge in [0.25, 0.3) is 0 Å². The number of aryl methyl sites for hydroxylation is 1. The SMILES string of the molecule is CCNC(=NCCc1c[nH]c2c(CC)cccc12)N1CCC(COC)C1. The van der Waals surface area contributed by atoms with Crippen LogP contribution in [0.2, 0.25) is 0 Å². The van der Waals surface area contributed by atoms with Gasteiger partial charge in [0.05, 0.1) is 6.61 Å². The third-order valence-electron chi connectivity index (χ3n) is 5.23. The van der Waals surface area contributed by atoms with Gasteiger partial charge in [-0.25, -0.2) is 0 Å².